The lowest BCUT2D eigenvalue weighted by atomic mass is 9.78. The lowest BCUT2D eigenvalue weighted by Crippen LogP contribution is -2.35. The molecule has 0 aromatic heterocycles. The largest absolute Gasteiger partial charge is 0.380 e. The van der Waals surface area contributed by atoms with Gasteiger partial charge in [0.05, 0.1) is 10.2 Å². The van der Waals surface area contributed by atoms with Gasteiger partial charge in [0.15, 0.2) is 0 Å². The van der Waals surface area contributed by atoms with Gasteiger partial charge in [0.1, 0.15) is 11.6 Å². The standard InChI is InChI=1S/C14H18BrF2N/c1-8-4-3-5-13(9(8)2)18-14-6-10(15)11(16)7-12(14)17/h6-9,13,18H,3-5H2,1-2H3. The molecule has 2 rings (SSSR count). The van der Waals surface area contributed by atoms with Crippen LogP contribution in [0.25, 0.3) is 0 Å². The maximum Gasteiger partial charge on any atom is 0.149 e. The molecule has 0 heterocycles. The van der Waals surface area contributed by atoms with Crippen LogP contribution in [-0.4, -0.2) is 6.04 Å². The monoisotopic (exact) mass is 317 g/mol. The molecular weight excluding hydrogens is 300 g/mol. The molecule has 18 heavy (non-hydrogen) atoms. The first-order valence-corrected chi connectivity index (χ1v) is 7.19. The Bertz CT molecular complexity index is 436. The van der Waals surface area contributed by atoms with Gasteiger partial charge in [-0.25, -0.2) is 8.78 Å². The van der Waals surface area contributed by atoms with Crippen LogP contribution in [0.15, 0.2) is 16.6 Å². The first-order valence-electron chi connectivity index (χ1n) is 6.40. The van der Waals surface area contributed by atoms with Gasteiger partial charge in [-0.2, -0.15) is 0 Å². The summed E-state index contributed by atoms with van der Waals surface area (Å²) >= 11 is 3.09. The number of nitrogens with one attached hydrogen (secondary N) is 1. The van der Waals surface area contributed by atoms with Crippen LogP contribution in [0.5, 0.6) is 0 Å². The fraction of sp³-hybridized carbons (Fsp3) is 0.571. The molecule has 0 saturated heterocycles. The van der Waals surface area contributed by atoms with Crippen LogP contribution < -0.4 is 5.32 Å². The van der Waals surface area contributed by atoms with Crippen molar-refractivity contribution in [3.05, 3.63) is 28.2 Å². The summed E-state index contributed by atoms with van der Waals surface area (Å²) in [7, 11) is 0. The molecule has 0 aliphatic heterocycles. The second-order valence-corrected chi connectivity index (χ2v) is 6.12. The van der Waals surface area contributed by atoms with Gasteiger partial charge < -0.3 is 5.32 Å². The predicted molar refractivity (Wildman–Crippen MR) is 73.6 cm³/mol. The van der Waals surface area contributed by atoms with Gasteiger partial charge in [-0.1, -0.05) is 26.7 Å². The molecule has 1 aromatic carbocycles. The van der Waals surface area contributed by atoms with Gasteiger partial charge in [-0.15, -0.1) is 0 Å². The van der Waals surface area contributed by atoms with Crippen molar-refractivity contribution >= 4 is 21.6 Å². The van der Waals surface area contributed by atoms with E-state index in [9.17, 15) is 8.78 Å². The van der Waals surface area contributed by atoms with Crippen molar-refractivity contribution in [3.63, 3.8) is 0 Å². The van der Waals surface area contributed by atoms with Crippen LogP contribution in [0.3, 0.4) is 0 Å². The van der Waals surface area contributed by atoms with E-state index in [0.29, 0.717) is 22.0 Å². The molecule has 1 N–H and O–H groups in total. The Morgan fingerprint density at radius 3 is 2.61 bits per heavy atom. The smallest absolute Gasteiger partial charge is 0.149 e. The molecule has 3 atom stereocenters. The van der Waals surface area contributed by atoms with E-state index in [4.69, 9.17) is 0 Å². The average Bonchev–Trinajstić information content (AvgIpc) is 2.32. The number of rotatable bonds is 2. The quantitative estimate of drug-likeness (QED) is 0.760. The van der Waals surface area contributed by atoms with Gasteiger partial charge >= 0.3 is 0 Å². The van der Waals surface area contributed by atoms with Gasteiger partial charge in [-0.05, 0) is 40.3 Å². The van der Waals surface area contributed by atoms with E-state index < -0.39 is 11.6 Å². The zero-order chi connectivity index (χ0) is 13.3. The SMILES string of the molecule is CC1CCCC(Nc2cc(Br)c(F)cc2F)C1C. The highest BCUT2D eigenvalue weighted by atomic mass is 79.9. The molecule has 4 heteroatoms. The third-order valence-corrected chi connectivity index (χ3v) is 4.67. The first-order chi connectivity index (χ1) is 8.49. The van der Waals surface area contributed by atoms with E-state index in [1.165, 1.54) is 12.5 Å². The second-order valence-electron chi connectivity index (χ2n) is 5.26. The van der Waals surface area contributed by atoms with E-state index in [0.717, 1.165) is 18.9 Å². The molecule has 0 spiro atoms. The Balaban J connectivity index is 2.16. The molecule has 100 valence electrons. The van der Waals surface area contributed by atoms with Crippen molar-refractivity contribution in [1.29, 1.82) is 0 Å². The fourth-order valence-corrected chi connectivity index (χ4v) is 2.96. The Hall–Kier alpha value is -0.640. The molecule has 0 amide bonds. The number of hydrogen-bond donors (Lipinski definition) is 1. The maximum absolute atomic E-state index is 13.7. The summed E-state index contributed by atoms with van der Waals surface area (Å²) in [5.41, 5.74) is 0.384. The van der Waals surface area contributed by atoms with Crippen molar-refractivity contribution in [1.82, 2.24) is 0 Å². The van der Waals surface area contributed by atoms with E-state index in [1.54, 1.807) is 0 Å². The highest BCUT2D eigenvalue weighted by Gasteiger charge is 2.27. The lowest BCUT2D eigenvalue weighted by Gasteiger charge is -2.35. The van der Waals surface area contributed by atoms with Crippen LogP contribution in [0.4, 0.5) is 14.5 Å². The molecule has 1 aliphatic rings. The third kappa shape index (κ3) is 2.85. The van der Waals surface area contributed by atoms with Crippen molar-refractivity contribution in [2.45, 2.75) is 39.2 Å². The highest BCUT2D eigenvalue weighted by Crippen LogP contribution is 2.33. The zero-order valence-electron chi connectivity index (χ0n) is 10.6. The Labute approximate surface area is 115 Å². The molecule has 0 bridgehead atoms. The summed E-state index contributed by atoms with van der Waals surface area (Å²) in [6, 6.07) is 2.67. The molecule has 1 fully saturated rings. The van der Waals surface area contributed by atoms with Crippen molar-refractivity contribution in [2.75, 3.05) is 5.32 Å². The molecule has 1 saturated carbocycles. The van der Waals surface area contributed by atoms with Crippen LogP contribution in [0.1, 0.15) is 33.1 Å². The number of hydrogen-bond acceptors (Lipinski definition) is 1. The van der Waals surface area contributed by atoms with Crippen molar-refractivity contribution in [3.8, 4) is 0 Å². The molecular formula is C14H18BrF2N. The molecule has 1 aliphatic carbocycles. The summed E-state index contributed by atoms with van der Waals surface area (Å²) < 4.78 is 27.1. The average molecular weight is 318 g/mol. The van der Waals surface area contributed by atoms with Crippen LogP contribution >= 0.6 is 15.9 Å². The number of benzene rings is 1. The molecule has 3 unspecified atom stereocenters. The van der Waals surface area contributed by atoms with Crippen molar-refractivity contribution in [2.24, 2.45) is 11.8 Å². The van der Waals surface area contributed by atoms with E-state index >= 15 is 0 Å². The minimum absolute atomic E-state index is 0.264. The van der Waals surface area contributed by atoms with Crippen molar-refractivity contribution < 1.29 is 8.78 Å². The predicted octanol–water partition coefficient (Wildman–Crippen LogP) is 4.96. The van der Waals surface area contributed by atoms with E-state index in [1.807, 2.05) is 0 Å². The minimum Gasteiger partial charge on any atom is -0.380 e. The third-order valence-electron chi connectivity index (χ3n) is 4.06. The highest BCUT2D eigenvalue weighted by molar-refractivity contribution is 9.10. The Kier molecular flexibility index (Phi) is 4.25. The van der Waals surface area contributed by atoms with Crippen LogP contribution in [0.2, 0.25) is 0 Å². The van der Waals surface area contributed by atoms with Gasteiger partial charge in [0, 0.05) is 12.1 Å². The Morgan fingerprint density at radius 2 is 1.89 bits per heavy atom. The van der Waals surface area contributed by atoms with Gasteiger partial charge in [-0.3, -0.25) is 0 Å². The fourth-order valence-electron chi connectivity index (χ4n) is 2.62. The second kappa shape index (κ2) is 5.55. The minimum atomic E-state index is -0.567. The van der Waals surface area contributed by atoms with Gasteiger partial charge in [0.2, 0.25) is 0 Å². The summed E-state index contributed by atoms with van der Waals surface area (Å²) in [5.74, 6) is 0.0504. The molecule has 1 nitrogen and oxygen atoms in total. The summed E-state index contributed by atoms with van der Waals surface area (Å²) in [6.45, 7) is 4.42. The number of halogens is 3. The summed E-state index contributed by atoms with van der Waals surface area (Å²) in [5, 5.41) is 3.23. The van der Waals surface area contributed by atoms with Gasteiger partial charge in [0.25, 0.3) is 0 Å². The van der Waals surface area contributed by atoms with Crippen LogP contribution in [-0.2, 0) is 0 Å². The number of anilines is 1. The molecule has 0 radical (unpaired) electrons. The molecule has 1 aromatic rings. The topological polar surface area (TPSA) is 12.0 Å². The Morgan fingerprint density at radius 1 is 1.17 bits per heavy atom. The van der Waals surface area contributed by atoms with E-state index in [2.05, 4.69) is 35.1 Å². The normalized spacial score (nSPS) is 28.2. The zero-order valence-corrected chi connectivity index (χ0v) is 12.2. The maximum atomic E-state index is 13.7. The van der Waals surface area contributed by atoms with Crippen LogP contribution in [0, 0.1) is 23.5 Å². The van der Waals surface area contributed by atoms with E-state index in [-0.39, 0.29) is 6.04 Å². The lowest BCUT2D eigenvalue weighted by molar-refractivity contribution is 0.253. The summed E-state index contributed by atoms with van der Waals surface area (Å²) in [4.78, 5) is 0. The first kappa shape index (κ1) is 13.8. The summed E-state index contributed by atoms with van der Waals surface area (Å²) in [6.07, 6.45) is 3.43.